The highest BCUT2D eigenvalue weighted by Gasteiger charge is 2.25. The fraction of sp³-hybridized carbons (Fsp3) is 1.00. The minimum absolute atomic E-state index is 0.162. The molecule has 15 heavy (non-hydrogen) atoms. The molecular weight excluding hydrogens is 205 g/mol. The van der Waals surface area contributed by atoms with Crippen LogP contribution in [-0.4, -0.2) is 43.8 Å². The monoisotopic (exact) mass is 226 g/mol. The second kappa shape index (κ2) is 7.06. The Morgan fingerprint density at radius 2 is 1.80 bits per heavy atom. The summed E-state index contributed by atoms with van der Waals surface area (Å²) in [4.78, 5) is 2.15. The number of halogens is 3. The van der Waals surface area contributed by atoms with Crippen LogP contribution in [-0.2, 0) is 0 Å². The van der Waals surface area contributed by atoms with Crippen molar-refractivity contribution in [1.29, 1.82) is 0 Å². The highest BCUT2D eigenvalue weighted by molar-refractivity contribution is 4.59. The maximum Gasteiger partial charge on any atom is 0.389 e. The molecule has 92 valence electrons. The van der Waals surface area contributed by atoms with Crippen LogP contribution in [0.25, 0.3) is 0 Å². The molecule has 0 rings (SSSR count). The predicted molar refractivity (Wildman–Crippen MR) is 55.9 cm³/mol. The predicted octanol–water partition coefficient (Wildman–Crippen LogP) is 2.26. The van der Waals surface area contributed by atoms with Crippen LogP contribution in [0.2, 0.25) is 0 Å². The van der Waals surface area contributed by atoms with Gasteiger partial charge in [0.15, 0.2) is 0 Å². The summed E-state index contributed by atoms with van der Waals surface area (Å²) in [6.07, 6.45) is -4.55. The Bertz CT molecular complexity index is 157. The van der Waals surface area contributed by atoms with E-state index in [1.54, 1.807) is 0 Å². The largest absolute Gasteiger partial charge is 0.389 e. The molecule has 0 unspecified atom stereocenters. The Labute approximate surface area is 89.8 Å². The van der Waals surface area contributed by atoms with Crippen molar-refractivity contribution >= 4 is 0 Å². The molecule has 0 fully saturated rings. The van der Waals surface area contributed by atoms with Gasteiger partial charge >= 0.3 is 6.18 Å². The topological polar surface area (TPSA) is 15.3 Å². The first kappa shape index (κ1) is 14.7. The summed E-state index contributed by atoms with van der Waals surface area (Å²) in [5, 5.41) is 3.00. The summed E-state index contributed by atoms with van der Waals surface area (Å²) in [6, 6.07) is 0.474. The zero-order valence-electron chi connectivity index (χ0n) is 9.69. The van der Waals surface area contributed by atoms with Gasteiger partial charge in [0.25, 0.3) is 0 Å². The fourth-order valence-electron chi connectivity index (χ4n) is 1.05. The van der Waals surface area contributed by atoms with Crippen LogP contribution in [0, 0.1) is 0 Å². The summed E-state index contributed by atoms with van der Waals surface area (Å²) < 4.78 is 35.3. The molecule has 5 heteroatoms. The zero-order valence-corrected chi connectivity index (χ0v) is 9.69. The summed E-state index contributed by atoms with van der Waals surface area (Å²) in [7, 11) is 2.00. The van der Waals surface area contributed by atoms with Gasteiger partial charge < -0.3 is 10.2 Å². The number of rotatable bonds is 7. The first-order chi connectivity index (χ1) is 6.83. The molecule has 0 aliphatic rings. The second-order valence-electron chi connectivity index (χ2n) is 4.04. The number of likely N-dealkylation sites (N-methyl/N-ethyl adjacent to an activating group) is 1. The molecule has 0 amide bonds. The Hall–Kier alpha value is -0.290. The van der Waals surface area contributed by atoms with E-state index in [9.17, 15) is 13.2 Å². The third kappa shape index (κ3) is 10.0. The van der Waals surface area contributed by atoms with Gasteiger partial charge in [0.05, 0.1) is 0 Å². The van der Waals surface area contributed by atoms with Crippen molar-refractivity contribution < 1.29 is 13.2 Å². The summed E-state index contributed by atoms with van der Waals surface area (Å²) in [5.41, 5.74) is 0. The molecule has 2 nitrogen and oxygen atoms in total. The molecule has 0 aliphatic heterocycles. The lowest BCUT2D eigenvalue weighted by Gasteiger charge is -2.20. The van der Waals surface area contributed by atoms with Crippen LogP contribution in [0.15, 0.2) is 0 Å². The van der Waals surface area contributed by atoms with Crippen LogP contribution in [0.5, 0.6) is 0 Å². The third-order valence-corrected chi connectivity index (χ3v) is 2.34. The molecule has 0 radical (unpaired) electrons. The number of hydrogen-bond donors (Lipinski definition) is 1. The van der Waals surface area contributed by atoms with Crippen molar-refractivity contribution in [2.24, 2.45) is 0 Å². The van der Waals surface area contributed by atoms with Crippen molar-refractivity contribution in [2.45, 2.75) is 38.9 Å². The van der Waals surface area contributed by atoms with Crippen molar-refractivity contribution in [3.8, 4) is 0 Å². The van der Waals surface area contributed by atoms with Gasteiger partial charge in [-0.3, -0.25) is 0 Å². The lowest BCUT2D eigenvalue weighted by molar-refractivity contribution is -0.135. The third-order valence-electron chi connectivity index (χ3n) is 2.34. The van der Waals surface area contributed by atoms with Crippen molar-refractivity contribution in [2.75, 3.05) is 26.7 Å². The van der Waals surface area contributed by atoms with Gasteiger partial charge in [0, 0.05) is 25.6 Å². The van der Waals surface area contributed by atoms with Crippen LogP contribution in [0.3, 0.4) is 0 Å². The maximum atomic E-state index is 11.8. The van der Waals surface area contributed by atoms with E-state index in [1.807, 2.05) is 7.05 Å². The molecule has 0 aromatic heterocycles. The minimum Gasteiger partial charge on any atom is -0.315 e. The molecule has 0 heterocycles. The van der Waals surface area contributed by atoms with Crippen LogP contribution >= 0.6 is 0 Å². The molecule has 0 spiro atoms. The number of nitrogens with one attached hydrogen (secondary N) is 1. The first-order valence-electron chi connectivity index (χ1n) is 5.30. The Morgan fingerprint density at radius 3 is 2.27 bits per heavy atom. The molecule has 0 atom stereocenters. The van der Waals surface area contributed by atoms with Gasteiger partial charge in [-0.05, 0) is 33.9 Å². The summed E-state index contributed by atoms with van der Waals surface area (Å²) >= 11 is 0. The average molecular weight is 226 g/mol. The van der Waals surface area contributed by atoms with E-state index in [1.165, 1.54) is 0 Å². The molecule has 0 aromatic carbocycles. The lowest BCUT2D eigenvalue weighted by Crippen LogP contribution is -2.34. The van der Waals surface area contributed by atoms with Crippen molar-refractivity contribution in [3.63, 3.8) is 0 Å². The lowest BCUT2D eigenvalue weighted by atomic mass is 10.3. The van der Waals surface area contributed by atoms with Gasteiger partial charge in [-0.25, -0.2) is 0 Å². The Balaban J connectivity index is 3.26. The highest BCUT2D eigenvalue weighted by Crippen LogP contribution is 2.20. The van der Waals surface area contributed by atoms with Crippen LogP contribution < -0.4 is 5.32 Å². The van der Waals surface area contributed by atoms with E-state index in [4.69, 9.17) is 0 Å². The Morgan fingerprint density at radius 1 is 1.20 bits per heavy atom. The van der Waals surface area contributed by atoms with E-state index >= 15 is 0 Å². The molecule has 1 N–H and O–H groups in total. The average Bonchev–Trinajstić information content (AvgIpc) is 2.08. The quantitative estimate of drug-likeness (QED) is 0.670. The molecule has 0 saturated carbocycles. The molecule has 0 bridgehead atoms. The maximum absolute atomic E-state index is 11.8. The second-order valence-corrected chi connectivity index (χ2v) is 4.04. The SMILES string of the molecule is CC(C)N(C)CCNCCCC(F)(F)F. The highest BCUT2D eigenvalue weighted by atomic mass is 19.4. The number of alkyl halides is 3. The Kier molecular flexibility index (Phi) is 6.92. The number of nitrogens with zero attached hydrogens (tertiary/aromatic N) is 1. The van der Waals surface area contributed by atoms with E-state index < -0.39 is 12.6 Å². The normalized spacial score (nSPS) is 12.8. The van der Waals surface area contributed by atoms with E-state index in [0.29, 0.717) is 12.6 Å². The summed E-state index contributed by atoms with van der Waals surface area (Å²) in [6.45, 7) is 6.22. The molecular formula is C10H21F3N2. The van der Waals surface area contributed by atoms with E-state index in [-0.39, 0.29) is 6.42 Å². The standard InChI is InChI=1S/C10H21F3N2/c1-9(2)15(3)8-7-14-6-4-5-10(11,12)13/h9,14H,4-8H2,1-3H3. The van der Waals surface area contributed by atoms with E-state index in [0.717, 1.165) is 13.1 Å². The van der Waals surface area contributed by atoms with Gasteiger partial charge in [-0.15, -0.1) is 0 Å². The zero-order chi connectivity index (χ0) is 11.9. The fourth-order valence-corrected chi connectivity index (χ4v) is 1.05. The van der Waals surface area contributed by atoms with Gasteiger partial charge in [0.1, 0.15) is 0 Å². The van der Waals surface area contributed by atoms with E-state index in [2.05, 4.69) is 24.1 Å². The smallest absolute Gasteiger partial charge is 0.315 e. The molecule has 0 aromatic rings. The van der Waals surface area contributed by atoms with Gasteiger partial charge in [0.2, 0.25) is 0 Å². The molecule has 0 aliphatic carbocycles. The molecule has 0 saturated heterocycles. The van der Waals surface area contributed by atoms with Crippen molar-refractivity contribution in [1.82, 2.24) is 10.2 Å². The summed E-state index contributed by atoms with van der Waals surface area (Å²) in [5.74, 6) is 0. The minimum atomic E-state index is -4.02. The van der Waals surface area contributed by atoms with Gasteiger partial charge in [-0.2, -0.15) is 13.2 Å². The van der Waals surface area contributed by atoms with Crippen LogP contribution in [0.4, 0.5) is 13.2 Å². The van der Waals surface area contributed by atoms with Crippen LogP contribution in [0.1, 0.15) is 26.7 Å². The van der Waals surface area contributed by atoms with Gasteiger partial charge in [-0.1, -0.05) is 0 Å². The van der Waals surface area contributed by atoms with Crippen molar-refractivity contribution in [3.05, 3.63) is 0 Å². The first-order valence-corrected chi connectivity index (χ1v) is 5.30. The number of hydrogen-bond acceptors (Lipinski definition) is 2.